The van der Waals surface area contributed by atoms with Gasteiger partial charge in [0.1, 0.15) is 0 Å². The largest absolute Gasteiger partial charge is 0.326 e. The fraction of sp³-hybridized carbons (Fsp3) is 0.500. The Morgan fingerprint density at radius 3 is 2.94 bits per heavy atom. The van der Waals surface area contributed by atoms with E-state index in [-0.39, 0.29) is 5.69 Å². The number of nitrogens with one attached hydrogen (secondary N) is 1. The number of fused-ring (bicyclic) bond motifs is 1. The van der Waals surface area contributed by atoms with Crippen molar-refractivity contribution in [2.45, 2.75) is 38.1 Å². The first-order valence-electron chi connectivity index (χ1n) is 5.90. The average Bonchev–Trinajstić information content (AvgIpc) is 2.66. The Morgan fingerprint density at radius 1 is 1.31 bits per heavy atom. The summed E-state index contributed by atoms with van der Waals surface area (Å²) in [5.74, 6) is 0. The van der Waals surface area contributed by atoms with Crippen LogP contribution in [0.25, 0.3) is 11.0 Å². The Kier molecular flexibility index (Phi) is 2.27. The third kappa shape index (κ3) is 1.45. The first-order chi connectivity index (χ1) is 7.86. The van der Waals surface area contributed by atoms with Crippen LogP contribution >= 0.6 is 0 Å². The van der Waals surface area contributed by atoms with Gasteiger partial charge in [-0.25, -0.2) is 4.79 Å². The summed E-state index contributed by atoms with van der Waals surface area (Å²) < 4.78 is 1.91. The summed E-state index contributed by atoms with van der Waals surface area (Å²) in [6, 6.07) is 2.29. The predicted octanol–water partition coefficient (Wildman–Crippen LogP) is 2.23. The molecular formula is C12H15N3O. The van der Waals surface area contributed by atoms with Gasteiger partial charge in [0.2, 0.25) is 0 Å². The van der Waals surface area contributed by atoms with Gasteiger partial charge >= 0.3 is 5.69 Å². The second-order valence-electron chi connectivity index (χ2n) is 4.48. The van der Waals surface area contributed by atoms with Crippen LogP contribution in [0.5, 0.6) is 0 Å². The number of nitrogens with zero attached hydrogens (tertiary/aromatic N) is 2. The third-order valence-corrected chi connectivity index (χ3v) is 3.46. The van der Waals surface area contributed by atoms with Crippen LogP contribution in [0.4, 0.5) is 0 Å². The van der Waals surface area contributed by atoms with Gasteiger partial charge in [0.25, 0.3) is 0 Å². The summed E-state index contributed by atoms with van der Waals surface area (Å²) in [6.07, 6.45) is 9.47. The molecular weight excluding hydrogens is 202 g/mol. The molecule has 4 nitrogen and oxygen atoms in total. The van der Waals surface area contributed by atoms with Crippen molar-refractivity contribution >= 4 is 11.0 Å². The first-order valence-corrected chi connectivity index (χ1v) is 5.90. The van der Waals surface area contributed by atoms with Crippen molar-refractivity contribution in [1.29, 1.82) is 0 Å². The number of hydrogen-bond donors (Lipinski definition) is 1. The molecule has 0 amide bonds. The van der Waals surface area contributed by atoms with Crippen LogP contribution < -0.4 is 5.69 Å². The van der Waals surface area contributed by atoms with Gasteiger partial charge in [0.05, 0.1) is 17.2 Å². The Labute approximate surface area is 93.3 Å². The number of hydrogen-bond acceptors (Lipinski definition) is 2. The lowest BCUT2D eigenvalue weighted by Crippen LogP contribution is -2.23. The van der Waals surface area contributed by atoms with Crippen molar-refractivity contribution in [2.75, 3.05) is 0 Å². The van der Waals surface area contributed by atoms with E-state index in [2.05, 4.69) is 9.97 Å². The van der Waals surface area contributed by atoms with E-state index in [4.69, 9.17) is 0 Å². The molecule has 2 aromatic rings. The number of aromatic amines is 1. The van der Waals surface area contributed by atoms with Crippen molar-refractivity contribution in [3.63, 3.8) is 0 Å². The Balaban J connectivity index is 2.14. The number of pyridine rings is 1. The maximum absolute atomic E-state index is 11.9. The minimum absolute atomic E-state index is 0.00917. The molecule has 1 fully saturated rings. The number of H-pyrrole nitrogens is 1. The first kappa shape index (κ1) is 9.63. The van der Waals surface area contributed by atoms with E-state index in [1.165, 1.54) is 19.3 Å². The van der Waals surface area contributed by atoms with Crippen LogP contribution in [0, 0.1) is 0 Å². The highest BCUT2D eigenvalue weighted by atomic mass is 16.1. The lowest BCUT2D eigenvalue weighted by Gasteiger charge is -2.22. The quantitative estimate of drug-likeness (QED) is 0.796. The summed E-state index contributed by atoms with van der Waals surface area (Å²) in [5.41, 5.74) is 1.85. The molecule has 0 unspecified atom stereocenters. The molecule has 1 aliphatic carbocycles. The van der Waals surface area contributed by atoms with Crippen LogP contribution in [-0.2, 0) is 0 Å². The normalized spacial score (nSPS) is 18.0. The second-order valence-corrected chi connectivity index (χ2v) is 4.48. The molecule has 0 atom stereocenters. The van der Waals surface area contributed by atoms with Crippen molar-refractivity contribution < 1.29 is 0 Å². The Morgan fingerprint density at radius 2 is 2.12 bits per heavy atom. The molecule has 2 aromatic heterocycles. The van der Waals surface area contributed by atoms with E-state index in [1.54, 1.807) is 12.4 Å². The Hall–Kier alpha value is -1.58. The summed E-state index contributed by atoms with van der Waals surface area (Å²) >= 11 is 0. The molecule has 0 aliphatic heterocycles. The summed E-state index contributed by atoms with van der Waals surface area (Å²) in [4.78, 5) is 18.8. The molecule has 2 heterocycles. The lowest BCUT2D eigenvalue weighted by atomic mass is 9.95. The van der Waals surface area contributed by atoms with Gasteiger partial charge in [-0.1, -0.05) is 19.3 Å². The number of aromatic nitrogens is 3. The standard InChI is InChI=1S/C12H15N3O/c16-12-14-10-8-13-7-6-11(10)15(12)9-4-2-1-3-5-9/h6-9H,1-5H2,(H,14,16). The molecule has 0 bridgehead atoms. The maximum atomic E-state index is 11.9. The fourth-order valence-corrected chi connectivity index (χ4v) is 2.68. The van der Waals surface area contributed by atoms with Gasteiger partial charge in [-0.05, 0) is 18.9 Å². The van der Waals surface area contributed by atoms with Gasteiger partial charge in [0.15, 0.2) is 0 Å². The molecule has 0 spiro atoms. The van der Waals surface area contributed by atoms with E-state index < -0.39 is 0 Å². The molecule has 0 radical (unpaired) electrons. The summed E-state index contributed by atoms with van der Waals surface area (Å²) in [6.45, 7) is 0. The van der Waals surface area contributed by atoms with Gasteiger partial charge in [-0.2, -0.15) is 0 Å². The van der Waals surface area contributed by atoms with E-state index in [9.17, 15) is 4.79 Å². The molecule has 16 heavy (non-hydrogen) atoms. The zero-order valence-electron chi connectivity index (χ0n) is 9.15. The summed E-state index contributed by atoms with van der Waals surface area (Å²) in [7, 11) is 0. The zero-order chi connectivity index (χ0) is 11.0. The van der Waals surface area contributed by atoms with Crippen molar-refractivity contribution in [1.82, 2.24) is 14.5 Å². The van der Waals surface area contributed by atoms with Gasteiger partial charge < -0.3 is 4.98 Å². The van der Waals surface area contributed by atoms with Crippen LogP contribution in [0.1, 0.15) is 38.1 Å². The SMILES string of the molecule is O=c1[nH]c2cnccc2n1C1CCCCC1. The minimum atomic E-state index is 0.00917. The van der Waals surface area contributed by atoms with Crippen LogP contribution in [0.3, 0.4) is 0 Å². The smallest absolute Gasteiger partial charge is 0.304 e. The van der Waals surface area contributed by atoms with Gasteiger partial charge in [0, 0.05) is 12.2 Å². The molecule has 1 saturated carbocycles. The van der Waals surface area contributed by atoms with E-state index in [0.29, 0.717) is 6.04 Å². The van der Waals surface area contributed by atoms with Crippen LogP contribution in [0.2, 0.25) is 0 Å². The van der Waals surface area contributed by atoms with Gasteiger partial charge in [-0.3, -0.25) is 9.55 Å². The van der Waals surface area contributed by atoms with E-state index >= 15 is 0 Å². The third-order valence-electron chi connectivity index (χ3n) is 3.46. The molecule has 1 aliphatic rings. The van der Waals surface area contributed by atoms with Crippen LogP contribution in [0.15, 0.2) is 23.3 Å². The van der Waals surface area contributed by atoms with Crippen molar-refractivity contribution in [3.05, 3.63) is 28.9 Å². The van der Waals surface area contributed by atoms with Crippen LogP contribution in [-0.4, -0.2) is 14.5 Å². The zero-order valence-corrected chi connectivity index (χ0v) is 9.15. The highest BCUT2D eigenvalue weighted by Gasteiger charge is 2.19. The Bertz CT molecular complexity index is 549. The molecule has 4 heteroatoms. The molecule has 1 N–H and O–H groups in total. The number of imidazole rings is 1. The topological polar surface area (TPSA) is 50.7 Å². The fourth-order valence-electron chi connectivity index (χ4n) is 2.68. The second kappa shape index (κ2) is 3.77. The van der Waals surface area contributed by atoms with Crippen molar-refractivity contribution in [3.8, 4) is 0 Å². The maximum Gasteiger partial charge on any atom is 0.326 e. The predicted molar refractivity (Wildman–Crippen MR) is 62.5 cm³/mol. The monoisotopic (exact) mass is 217 g/mol. The van der Waals surface area contributed by atoms with Gasteiger partial charge in [-0.15, -0.1) is 0 Å². The number of rotatable bonds is 1. The molecule has 0 aromatic carbocycles. The lowest BCUT2D eigenvalue weighted by molar-refractivity contribution is 0.353. The molecule has 84 valence electrons. The average molecular weight is 217 g/mol. The summed E-state index contributed by atoms with van der Waals surface area (Å²) in [5, 5.41) is 0. The van der Waals surface area contributed by atoms with E-state index in [0.717, 1.165) is 23.9 Å². The molecule has 3 rings (SSSR count). The highest BCUT2D eigenvalue weighted by Crippen LogP contribution is 2.28. The highest BCUT2D eigenvalue weighted by molar-refractivity contribution is 5.73. The molecule has 0 saturated heterocycles. The van der Waals surface area contributed by atoms with E-state index in [1.807, 2.05) is 10.6 Å². The van der Waals surface area contributed by atoms with Crippen molar-refractivity contribution in [2.24, 2.45) is 0 Å². The minimum Gasteiger partial charge on any atom is -0.304 e.